The zero-order valence-electron chi connectivity index (χ0n) is 17.7. The molecular formula is C22H28N2O5S. The van der Waals surface area contributed by atoms with Crippen LogP contribution in [-0.2, 0) is 10.0 Å². The van der Waals surface area contributed by atoms with Crippen LogP contribution in [-0.4, -0.2) is 46.0 Å². The van der Waals surface area contributed by atoms with Gasteiger partial charge in [-0.1, -0.05) is 6.07 Å². The monoisotopic (exact) mass is 432 g/mol. The first kappa shape index (κ1) is 22.1. The van der Waals surface area contributed by atoms with Gasteiger partial charge in [-0.3, -0.25) is 4.79 Å². The smallest absolute Gasteiger partial charge is 0.254 e. The van der Waals surface area contributed by atoms with Crippen molar-refractivity contribution in [2.24, 2.45) is 0 Å². The third-order valence-electron chi connectivity index (χ3n) is 5.10. The first-order chi connectivity index (χ1) is 14.3. The quantitative estimate of drug-likeness (QED) is 0.725. The lowest BCUT2D eigenvalue weighted by atomic mass is 10.0. The van der Waals surface area contributed by atoms with Crippen LogP contribution in [0.1, 0.15) is 48.7 Å². The third kappa shape index (κ3) is 4.60. The Morgan fingerprint density at radius 1 is 1.13 bits per heavy atom. The van der Waals surface area contributed by atoms with Gasteiger partial charge in [0.1, 0.15) is 11.5 Å². The summed E-state index contributed by atoms with van der Waals surface area (Å²) in [6.45, 7) is 4.10. The normalized spacial score (nSPS) is 16.7. The molecule has 1 heterocycles. The Bertz CT molecular complexity index is 1020. The van der Waals surface area contributed by atoms with Crippen molar-refractivity contribution in [1.29, 1.82) is 0 Å². The molecule has 162 valence electrons. The summed E-state index contributed by atoms with van der Waals surface area (Å²) in [4.78, 5) is 15.2. The summed E-state index contributed by atoms with van der Waals surface area (Å²) < 4.78 is 38.4. The molecule has 0 aliphatic carbocycles. The molecule has 1 N–H and O–H groups in total. The van der Waals surface area contributed by atoms with Crippen molar-refractivity contribution in [3.8, 4) is 11.5 Å². The number of benzene rings is 2. The van der Waals surface area contributed by atoms with Crippen LogP contribution in [0.4, 0.5) is 0 Å². The Hall–Kier alpha value is -2.58. The molecule has 30 heavy (non-hydrogen) atoms. The van der Waals surface area contributed by atoms with Crippen LogP contribution in [0.25, 0.3) is 0 Å². The zero-order valence-corrected chi connectivity index (χ0v) is 18.5. The van der Waals surface area contributed by atoms with Crippen molar-refractivity contribution in [2.45, 2.75) is 43.7 Å². The molecule has 1 fully saturated rings. The molecule has 7 nitrogen and oxygen atoms in total. The van der Waals surface area contributed by atoms with E-state index in [2.05, 4.69) is 4.72 Å². The number of likely N-dealkylation sites (tertiary alicyclic amines) is 1. The number of sulfonamides is 1. The number of hydrogen-bond donors (Lipinski definition) is 1. The van der Waals surface area contributed by atoms with Gasteiger partial charge in [0.05, 0.1) is 25.2 Å². The average Bonchev–Trinajstić information content (AvgIpc) is 3.21. The van der Waals surface area contributed by atoms with Gasteiger partial charge in [-0.25, -0.2) is 13.1 Å². The Labute approximate surface area is 178 Å². The fourth-order valence-electron chi connectivity index (χ4n) is 3.77. The summed E-state index contributed by atoms with van der Waals surface area (Å²) in [5.41, 5.74) is 1.26. The predicted molar refractivity (Wildman–Crippen MR) is 114 cm³/mol. The van der Waals surface area contributed by atoms with Gasteiger partial charge in [0, 0.05) is 29.8 Å². The average molecular weight is 433 g/mol. The summed E-state index contributed by atoms with van der Waals surface area (Å²) in [5, 5.41) is 0. The Kier molecular flexibility index (Phi) is 6.67. The SMILES string of the molecule is COc1ccc([C@H]2CCCN2C(=O)c2cccc(S(=O)(=O)NC(C)C)c2)c(OC)c1. The van der Waals surface area contributed by atoms with Gasteiger partial charge in [-0.05, 0) is 57.0 Å². The largest absolute Gasteiger partial charge is 0.497 e. The number of hydrogen-bond acceptors (Lipinski definition) is 5. The molecule has 2 aromatic carbocycles. The van der Waals surface area contributed by atoms with Gasteiger partial charge in [0.2, 0.25) is 10.0 Å². The van der Waals surface area contributed by atoms with Crippen LogP contribution in [0.15, 0.2) is 47.4 Å². The molecule has 1 aliphatic rings. The van der Waals surface area contributed by atoms with Gasteiger partial charge >= 0.3 is 0 Å². The molecule has 0 spiro atoms. The summed E-state index contributed by atoms with van der Waals surface area (Å²) in [6.07, 6.45) is 1.67. The fraction of sp³-hybridized carbons (Fsp3) is 0.409. The van der Waals surface area contributed by atoms with Gasteiger partial charge < -0.3 is 14.4 Å². The van der Waals surface area contributed by atoms with Crippen LogP contribution < -0.4 is 14.2 Å². The molecule has 0 aromatic heterocycles. The zero-order chi connectivity index (χ0) is 21.9. The van der Waals surface area contributed by atoms with E-state index in [4.69, 9.17) is 9.47 Å². The molecule has 1 aliphatic heterocycles. The molecule has 0 radical (unpaired) electrons. The van der Waals surface area contributed by atoms with E-state index < -0.39 is 10.0 Å². The maximum absolute atomic E-state index is 13.3. The maximum Gasteiger partial charge on any atom is 0.254 e. The number of rotatable bonds is 7. The highest BCUT2D eigenvalue weighted by Gasteiger charge is 2.33. The Morgan fingerprint density at radius 3 is 2.57 bits per heavy atom. The topological polar surface area (TPSA) is 84.9 Å². The van der Waals surface area contributed by atoms with Crippen molar-refractivity contribution in [3.05, 3.63) is 53.6 Å². The number of carbonyl (C=O) groups is 1. The highest BCUT2D eigenvalue weighted by Crippen LogP contribution is 2.39. The minimum absolute atomic E-state index is 0.0832. The molecule has 1 amide bonds. The predicted octanol–water partition coefficient (Wildman–Crippen LogP) is 3.37. The van der Waals surface area contributed by atoms with E-state index in [1.165, 1.54) is 12.1 Å². The van der Waals surface area contributed by atoms with E-state index in [0.717, 1.165) is 18.4 Å². The number of methoxy groups -OCH3 is 2. The molecular weight excluding hydrogens is 404 g/mol. The summed E-state index contributed by atoms with van der Waals surface area (Å²) in [6, 6.07) is 11.4. The van der Waals surface area contributed by atoms with E-state index in [1.807, 2.05) is 12.1 Å². The first-order valence-corrected chi connectivity index (χ1v) is 11.4. The van der Waals surface area contributed by atoms with E-state index >= 15 is 0 Å². The molecule has 2 aromatic rings. The van der Waals surface area contributed by atoms with Crippen molar-refractivity contribution in [3.63, 3.8) is 0 Å². The van der Waals surface area contributed by atoms with Crippen LogP contribution in [0.3, 0.4) is 0 Å². The standard InChI is InChI=1S/C22H28N2O5S/c1-15(2)23-30(26,27)18-8-5-7-16(13-18)22(25)24-12-6-9-20(24)19-11-10-17(28-3)14-21(19)29-4/h5,7-8,10-11,13-15,20,23H,6,9,12H2,1-4H3/t20-/m1/s1. The van der Waals surface area contributed by atoms with Crippen molar-refractivity contribution in [2.75, 3.05) is 20.8 Å². The summed E-state index contributed by atoms with van der Waals surface area (Å²) in [7, 11) is -0.493. The fourth-order valence-corrected chi connectivity index (χ4v) is 5.06. The number of amides is 1. The highest BCUT2D eigenvalue weighted by molar-refractivity contribution is 7.89. The second-order valence-corrected chi connectivity index (χ2v) is 9.28. The molecule has 8 heteroatoms. The Morgan fingerprint density at radius 2 is 1.90 bits per heavy atom. The van der Waals surface area contributed by atoms with Gasteiger partial charge in [-0.15, -0.1) is 0 Å². The maximum atomic E-state index is 13.3. The van der Waals surface area contributed by atoms with Crippen LogP contribution in [0.2, 0.25) is 0 Å². The van der Waals surface area contributed by atoms with E-state index in [-0.39, 0.29) is 22.9 Å². The lowest BCUT2D eigenvalue weighted by Crippen LogP contribution is -2.32. The van der Waals surface area contributed by atoms with Crippen LogP contribution >= 0.6 is 0 Å². The van der Waals surface area contributed by atoms with Crippen molar-refractivity contribution in [1.82, 2.24) is 9.62 Å². The lowest BCUT2D eigenvalue weighted by molar-refractivity contribution is 0.0734. The molecule has 1 saturated heterocycles. The molecule has 1 atom stereocenters. The van der Waals surface area contributed by atoms with Crippen molar-refractivity contribution >= 4 is 15.9 Å². The van der Waals surface area contributed by atoms with Gasteiger partial charge in [0.15, 0.2) is 0 Å². The summed E-state index contributed by atoms with van der Waals surface area (Å²) >= 11 is 0. The second kappa shape index (κ2) is 9.06. The molecule has 0 bridgehead atoms. The molecule has 0 unspecified atom stereocenters. The summed E-state index contributed by atoms with van der Waals surface area (Å²) in [5.74, 6) is 1.15. The van der Waals surface area contributed by atoms with Crippen LogP contribution in [0, 0.1) is 0 Å². The van der Waals surface area contributed by atoms with E-state index in [1.54, 1.807) is 51.2 Å². The third-order valence-corrected chi connectivity index (χ3v) is 6.75. The number of nitrogens with one attached hydrogen (secondary N) is 1. The molecule has 0 saturated carbocycles. The lowest BCUT2D eigenvalue weighted by Gasteiger charge is -2.27. The van der Waals surface area contributed by atoms with Gasteiger partial charge in [-0.2, -0.15) is 0 Å². The molecule has 3 rings (SSSR count). The Balaban J connectivity index is 1.91. The first-order valence-electron chi connectivity index (χ1n) is 9.92. The minimum atomic E-state index is -3.68. The van der Waals surface area contributed by atoms with Crippen LogP contribution in [0.5, 0.6) is 11.5 Å². The number of ether oxygens (including phenoxy) is 2. The number of carbonyl (C=O) groups excluding carboxylic acids is 1. The van der Waals surface area contributed by atoms with Gasteiger partial charge in [0.25, 0.3) is 5.91 Å². The minimum Gasteiger partial charge on any atom is -0.497 e. The second-order valence-electron chi connectivity index (χ2n) is 7.57. The van der Waals surface area contributed by atoms with E-state index in [0.29, 0.717) is 23.6 Å². The van der Waals surface area contributed by atoms with Crippen molar-refractivity contribution < 1.29 is 22.7 Å². The highest BCUT2D eigenvalue weighted by atomic mass is 32.2. The van der Waals surface area contributed by atoms with E-state index in [9.17, 15) is 13.2 Å². The number of nitrogens with zero attached hydrogens (tertiary/aromatic N) is 1.